The number of carbonyl (C=O) groups excluding carboxylic acids is 1. The van der Waals surface area contributed by atoms with Gasteiger partial charge in [-0.2, -0.15) is 8.78 Å². The third kappa shape index (κ3) is 5.53. The molecule has 1 heterocycles. The molecule has 0 aliphatic carbocycles. The quantitative estimate of drug-likeness (QED) is 0.764. The molecule has 10 heteroatoms. The van der Waals surface area contributed by atoms with Crippen molar-refractivity contribution < 1.29 is 31.5 Å². The molecule has 2 rings (SSSR count). The molecule has 1 saturated heterocycles. The molecular formula is C16H22F2N2O5S. The third-order valence-corrected chi connectivity index (χ3v) is 5.54. The summed E-state index contributed by atoms with van der Waals surface area (Å²) in [6.45, 7) is -1.70. The van der Waals surface area contributed by atoms with Gasteiger partial charge in [0.05, 0.1) is 13.4 Å². The summed E-state index contributed by atoms with van der Waals surface area (Å²) in [6, 6.07) is 3.96. The first-order chi connectivity index (χ1) is 12.2. The number of sulfonamides is 1. The zero-order chi connectivity index (χ0) is 19.3. The lowest BCUT2D eigenvalue weighted by atomic mass is 9.98. The van der Waals surface area contributed by atoms with Crippen LogP contribution in [0.25, 0.3) is 0 Å². The molecule has 1 aliphatic rings. The van der Waals surface area contributed by atoms with E-state index in [1.807, 2.05) is 0 Å². The minimum absolute atomic E-state index is 0.0411. The van der Waals surface area contributed by atoms with Crippen LogP contribution >= 0.6 is 0 Å². The number of nitrogens with one attached hydrogen (secondary N) is 1. The van der Waals surface area contributed by atoms with Crippen LogP contribution in [0.4, 0.5) is 8.78 Å². The minimum atomic E-state index is -3.18. The number of halogens is 2. The van der Waals surface area contributed by atoms with Crippen LogP contribution in [0.15, 0.2) is 18.2 Å². The van der Waals surface area contributed by atoms with Crippen LogP contribution in [0.2, 0.25) is 0 Å². The maximum absolute atomic E-state index is 12.3. The van der Waals surface area contributed by atoms with Crippen LogP contribution in [0.5, 0.6) is 11.5 Å². The van der Waals surface area contributed by atoms with Gasteiger partial charge in [0.1, 0.15) is 0 Å². The first-order valence-corrected chi connectivity index (χ1v) is 9.91. The first kappa shape index (κ1) is 20.4. The van der Waals surface area contributed by atoms with E-state index in [1.54, 1.807) is 0 Å². The molecule has 0 saturated carbocycles. The maximum Gasteiger partial charge on any atom is 0.387 e. The highest BCUT2D eigenvalue weighted by atomic mass is 32.2. The maximum atomic E-state index is 12.3. The van der Waals surface area contributed by atoms with Crippen LogP contribution in [-0.4, -0.2) is 58.2 Å². The fraction of sp³-hybridized carbons (Fsp3) is 0.562. The Kier molecular flexibility index (Phi) is 6.76. The van der Waals surface area contributed by atoms with Crippen molar-refractivity contribution in [1.29, 1.82) is 0 Å². The van der Waals surface area contributed by atoms with E-state index in [0.717, 1.165) is 0 Å². The molecular weight excluding hydrogens is 370 g/mol. The van der Waals surface area contributed by atoms with Gasteiger partial charge in [-0.3, -0.25) is 4.79 Å². The van der Waals surface area contributed by atoms with Gasteiger partial charge < -0.3 is 14.8 Å². The van der Waals surface area contributed by atoms with E-state index < -0.39 is 16.6 Å². The topological polar surface area (TPSA) is 84.9 Å². The number of piperidine rings is 1. The highest BCUT2D eigenvalue weighted by Gasteiger charge is 2.25. The number of methoxy groups -OCH3 is 1. The van der Waals surface area contributed by atoms with Crippen LogP contribution in [0.3, 0.4) is 0 Å². The summed E-state index contributed by atoms with van der Waals surface area (Å²) < 4.78 is 58.3. The molecule has 1 aromatic carbocycles. The molecule has 0 radical (unpaired) electrons. The molecule has 1 aromatic rings. The largest absolute Gasteiger partial charge is 0.493 e. The van der Waals surface area contributed by atoms with Gasteiger partial charge in [-0.1, -0.05) is 0 Å². The average molecular weight is 392 g/mol. The lowest BCUT2D eigenvalue weighted by molar-refractivity contribution is -0.0512. The molecule has 146 valence electrons. The van der Waals surface area contributed by atoms with Gasteiger partial charge in [-0.05, 0) is 37.0 Å². The predicted molar refractivity (Wildman–Crippen MR) is 91.1 cm³/mol. The number of ether oxygens (including phenoxy) is 2. The van der Waals surface area contributed by atoms with E-state index in [4.69, 9.17) is 4.74 Å². The molecule has 7 nitrogen and oxygen atoms in total. The van der Waals surface area contributed by atoms with Gasteiger partial charge in [0.25, 0.3) is 5.91 Å². The number of carbonyl (C=O) groups is 1. The van der Waals surface area contributed by atoms with Crippen LogP contribution < -0.4 is 14.8 Å². The van der Waals surface area contributed by atoms with Gasteiger partial charge in [0.15, 0.2) is 11.5 Å². The lowest BCUT2D eigenvalue weighted by Crippen LogP contribution is -2.41. The number of hydrogen-bond acceptors (Lipinski definition) is 5. The van der Waals surface area contributed by atoms with Gasteiger partial charge in [-0.15, -0.1) is 0 Å². The number of benzene rings is 1. The summed E-state index contributed by atoms with van der Waals surface area (Å²) in [4.78, 5) is 12.3. The Hall–Kier alpha value is -1.94. The van der Waals surface area contributed by atoms with Gasteiger partial charge in [0.2, 0.25) is 10.0 Å². The van der Waals surface area contributed by atoms with E-state index in [2.05, 4.69) is 10.1 Å². The predicted octanol–water partition coefficient (Wildman–Crippen LogP) is 1.70. The Morgan fingerprint density at radius 2 is 1.96 bits per heavy atom. The van der Waals surface area contributed by atoms with Crippen molar-refractivity contribution in [3.8, 4) is 11.5 Å². The summed E-state index contributed by atoms with van der Waals surface area (Å²) in [6.07, 6.45) is 2.51. The zero-order valence-corrected chi connectivity index (χ0v) is 15.4. The highest BCUT2D eigenvalue weighted by molar-refractivity contribution is 7.88. The molecule has 26 heavy (non-hydrogen) atoms. The molecule has 1 amide bonds. The smallest absolute Gasteiger partial charge is 0.387 e. The van der Waals surface area contributed by atoms with Crippen LogP contribution in [0, 0.1) is 5.92 Å². The Bertz CT molecular complexity index is 734. The fourth-order valence-electron chi connectivity index (χ4n) is 2.79. The van der Waals surface area contributed by atoms with E-state index in [0.29, 0.717) is 32.5 Å². The van der Waals surface area contributed by atoms with Gasteiger partial charge in [0, 0.05) is 25.2 Å². The summed E-state index contributed by atoms with van der Waals surface area (Å²) >= 11 is 0. The zero-order valence-electron chi connectivity index (χ0n) is 14.6. The third-order valence-electron chi connectivity index (χ3n) is 4.24. The lowest BCUT2D eigenvalue weighted by Gasteiger charge is -2.30. The summed E-state index contributed by atoms with van der Waals surface area (Å²) in [7, 11) is -1.88. The van der Waals surface area contributed by atoms with Crippen LogP contribution in [-0.2, 0) is 10.0 Å². The number of alkyl halides is 2. The standard InChI is InChI=1S/C16H22F2N2O5S/c1-24-14-9-12(3-4-13(14)25-16(17)18)15(21)19-10-11-5-7-20(8-6-11)26(2,22)23/h3-4,9,11,16H,5-8,10H2,1-2H3,(H,19,21). The molecule has 0 bridgehead atoms. The fourth-order valence-corrected chi connectivity index (χ4v) is 3.66. The van der Waals surface area contributed by atoms with Crippen molar-refractivity contribution in [1.82, 2.24) is 9.62 Å². The normalized spacial score (nSPS) is 16.5. The molecule has 0 atom stereocenters. The van der Waals surface area contributed by atoms with Crippen LogP contribution in [0.1, 0.15) is 23.2 Å². The second-order valence-corrected chi connectivity index (χ2v) is 8.04. The van der Waals surface area contributed by atoms with Crippen molar-refractivity contribution in [2.45, 2.75) is 19.5 Å². The van der Waals surface area contributed by atoms with E-state index >= 15 is 0 Å². The molecule has 1 aliphatic heterocycles. The molecule has 0 unspecified atom stereocenters. The van der Waals surface area contributed by atoms with E-state index in [-0.39, 0.29) is 28.9 Å². The van der Waals surface area contributed by atoms with E-state index in [1.165, 1.54) is 35.9 Å². The summed E-state index contributed by atoms with van der Waals surface area (Å²) in [5.74, 6) is -0.288. The number of hydrogen-bond donors (Lipinski definition) is 1. The molecule has 1 N–H and O–H groups in total. The second-order valence-electron chi connectivity index (χ2n) is 6.06. The van der Waals surface area contributed by atoms with Crippen molar-refractivity contribution in [3.05, 3.63) is 23.8 Å². The minimum Gasteiger partial charge on any atom is -0.493 e. The Balaban J connectivity index is 1.90. The Labute approximate surface area is 151 Å². The van der Waals surface area contributed by atoms with Crippen molar-refractivity contribution in [2.24, 2.45) is 5.92 Å². The average Bonchev–Trinajstić information content (AvgIpc) is 2.59. The Morgan fingerprint density at radius 3 is 2.50 bits per heavy atom. The van der Waals surface area contributed by atoms with Crippen molar-refractivity contribution in [3.63, 3.8) is 0 Å². The number of amides is 1. The highest BCUT2D eigenvalue weighted by Crippen LogP contribution is 2.29. The van der Waals surface area contributed by atoms with Crippen molar-refractivity contribution >= 4 is 15.9 Å². The summed E-state index contributed by atoms with van der Waals surface area (Å²) in [5.41, 5.74) is 0.261. The monoisotopic (exact) mass is 392 g/mol. The molecule has 1 fully saturated rings. The number of nitrogens with zero attached hydrogens (tertiary/aromatic N) is 1. The SMILES string of the molecule is COc1cc(C(=O)NCC2CCN(S(C)(=O)=O)CC2)ccc1OC(F)F. The van der Waals surface area contributed by atoms with Crippen molar-refractivity contribution in [2.75, 3.05) is 33.0 Å². The van der Waals surface area contributed by atoms with Gasteiger partial charge >= 0.3 is 6.61 Å². The molecule has 0 spiro atoms. The molecule has 0 aromatic heterocycles. The second kappa shape index (κ2) is 8.63. The van der Waals surface area contributed by atoms with Gasteiger partial charge in [-0.25, -0.2) is 12.7 Å². The Morgan fingerprint density at radius 1 is 1.31 bits per heavy atom. The summed E-state index contributed by atoms with van der Waals surface area (Å²) in [5, 5.41) is 2.78. The first-order valence-electron chi connectivity index (χ1n) is 8.07. The number of rotatable bonds is 7. The van der Waals surface area contributed by atoms with E-state index in [9.17, 15) is 22.0 Å².